The minimum absolute atomic E-state index is 0.0432. The number of hydrogen-bond donors (Lipinski definition) is 2. The van der Waals surface area contributed by atoms with Gasteiger partial charge in [-0.05, 0) is 37.0 Å². The van der Waals surface area contributed by atoms with Gasteiger partial charge in [0.05, 0.1) is 11.9 Å². The van der Waals surface area contributed by atoms with Gasteiger partial charge in [-0.1, -0.05) is 42.2 Å². The van der Waals surface area contributed by atoms with Crippen LogP contribution in [0.5, 0.6) is 0 Å². The van der Waals surface area contributed by atoms with Crippen LogP contribution in [0.1, 0.15) is 25.3 Å². The average molecular weight is 379 g/mol. The Hall–Kier alpha value is -1.64. The number of aromatic nitrogens is 2. The molecular formula is C17H22N4O2S2. The molecule has 0 aliphatic carbocycles. The van der Waals surface area contributed by atoms with Gasteiger partial charge in [0.25, 0.3) is 0 Å². The smallest absolute Gasteiger partial charge is 0.234 e. The van der Waals surface area contributed by atoms with Gasteiger partial charge in [0, 0.05) is 18.8 Å². The van der Waals surface area contributed by atoms with Crippen LogP contribution >= 0.6 is 23.1 Å². The predicted octanol–water partition coefficient (Wildman–Crippen LogP) is 3.42. The number of amides is 1. The van der Waals surface area contributed by atoms with Crippen molar-refractivity contribution in [1.82, 2.24) is 10.2 Å². The molecular weight excluding hydrogens is 356 g/mol. The molecule has 2 aromatic rings. The van der Waals surface area contributed by atoms with Crippen molar-refractivity contribution in [3.8, 4) is 0 Å². The van der Waals surface area contributed by atoms with Gasteiger partial charge in [0.2, 0.25) is 11.0 Å². The lowest BCUT2D eigenvalue weighted by Crippen LogP contribution is -2.18. The molecule has 1 amide bonds. The van der Waals surface area contributed by atoms with Crippen LogP contribution in [0.3, 0.4) is 0 Å². The number of ether oxygens (including phenoxy) is 1. The Morgan fingerprint density at radius 1 is 1.36 bits per heavy atom. The lowest BCUT2D eigenvalue weighted by atomic mass is 10.1. The third kappa shape index (κ3) is 5.69. The molecule has 1 saturated heterocycles. The molecule has 0 bridgehead atoms. The van der Waals surface area contributed by atoms with E-state index in [2.05, 4.69) is 27.8 Å². The first-order valence-electron chi connectivity index (χ1n) is 8.43. The van der Waals surface area contributed by atoms with Gasteiger partial charge in [-0.15, -0.1) is 10.2 Å². The van der Waals surface area contributed by atoms with E-state index in [0.717, 1.165) is 47.6 Å². The van der Waals surface area contributed by atoms with E-state index in [9.17, 15) is 4.79 Å². The summed E-state index contributed by atoms with van der Waals surface area (Å²) in [6, 6.07) is 7.91. The summed E-state index contributed by atoms with van der Waals surface area (Å²) in [6.07, 6.45) is 3.47. The third-order valence-corrected chi connectivity index (χ3v) is 5.90. The van der Waals surface area contributed by atoms with Gasteiger partial charge in [0.1, 0.15) is 0 Å². The molecule has 1 fully saturated rings. The fourth-order valence-corrected chi connectivity index (χ4v) is 4.05. The molecule has 2 N–H and O–H groups in total. The first kappa shape index (κ1) is 18.2. The van der Waals surface area contributed by atoms with Crippen LogP contribution in [-0.4, -0.2) is 41.1 Å². The largest absolute Gasteiger partial charge is 0.376 e. The second-order valence-electron chi connectivity index (χ2n) is 5.78. The molecule has 8 heteroatoms. The van der Waals surface area contributed by atoms with E-state index in [1.807, 2.05) is 24.3 Å². The number of nitrogens with zero attached hydrogens (tertiary/aromatic N) is 2. The van der Waals surface area contributed by atoms with Gasteiger partial charge in [0.15, 0.2) is 4.34 Å². The Bertz CT molecular complexity index is 684. The van der Waals surface area contributed by atoms with E-state index in [1.54, 1.807) is 0 Å². The normalized spacial score (nSPS) is 16.8. The van der Waals surface area contributed by atoms with Crippen LogP contribution in [0.25, 0.3) is 0 Å². The van der Waals surface area contributed by atoms with Crippen LogP contribution in [0, 0.1) is 0 Å². The molecule has 2 heterocycles. The van der Waals surface area contributed by atoms with E-state index < -0.39 is 0 Å². The third-order valence-electron chi connectivity index (χ3n) is 3.88. The quantitative estimate of drug-likeness (QED) is 0.686. The topological polar surface area (TPSA) is 76.1 Å². The maximum Gasteiger partial charge on any atom is 0.234 e. The zero-order valence-electron chi connectivity index (χ0n) is 14.2. The summed E-state index contributed by atoms with van der Waals surface area (Å²) in [5.41, 5.74) is 2.07. The second-order valence-corrected chi connectivity index (χ2v) is 7.98. The molecule has 25 heavy (non-hydrogen) atoms. The number of benzene rings is 1. The van der Waals surface area contributed by atoms with E-state index in [0.29, 0.717) is 5.75 Å². The van der Waals surface area contributed by atoms with Gasteiger partial charge >= 0.3 is 0 Å². The molecule has 1 aromatic carbocycles. The van der Waals surface area contributed by atoms with Crippen molar-refractivity contribution in [3.63, 3.8) is 0 Å². The van der Waals surface area contributed by atoms with Crippen molar-refractivity contribution >= 4 is 39.8 Å². The summed E-state index contributed by atoms with van der Waals surface area (Å²) >= 11 is 2.86. The first-order valence-corrected chi connectivity index (χ1v) is 10.2. The highest BCUT2D eigenvalue weighted by molar-refractivity contribution is 8.01. The number of aryl methyl sites for hydroxylation is 1. The molecule has 0 saturated carbocycles. The van der Waals surface area contributed by atoms with Gasteiger partial charge in [-0.25, -0.2) is 0 Å². The van der Waals surface area contributed by atoms with E-state index in [1.165, 1.54) is 28.7 Å². The molecule has 3 rings (SSSR count). The Morgan fingerprint density at radius 2 is 2.20 bits per heavy atom. The molecule has 0 radical (unpaired) electrons. The lowest BCUT2D eigenvalue weighted by molar-refractivity contribution is -0.113. The Kier molecular flexibility index (Phi) is 6.66. The molecule has 0 spiro atoms. The maximum absolute atomic E-state index is 12.0. The zero-order chi connectivity index (χ0) is 17.5. The molecule has 1 aromatic heterocycles. The Balaban J connectivity index is 1.40. The summed E-state index contributed by atoms with van der Waals surface area (Å²) in [6.45, 7) is 3.71. The number of carbonyl (C=O) groups is 1. The van der Waals surface area contributed by atoms with Crippen LogP contribution < -0.4 is 10.6 Å². The number of hydrogen-bond acceptors (Lipinski definition) is 7. The number of carbonyl (C=O) groups excluding carboxylic acids is 1. The average Bonchev–Trinajstić information content (AvgIpc) is 3.30. The summed E-state index contributed by atoms with van der Waals surface area (Å²) in [4.78, 5) is 12.0. The number of thioether (sulfide) groups is 1. The fourth-order valence-electron chi connectivity index (χ4n) is 2.49. The van der Waals surface area contributed by atoms with Crippen molar-refractivity contribution in [3.05, 3.63) is 29.8 Å². The maximum atomic E-state index is 12.0. The minimum atomic E-state index is -0.0432. The lowest BCUT2D eigenvalue weighted by Gasteiger charge is -2.08. The van der Waals surface area contributed by atoms with Crippen LogP contribution in [0.15, 0.2) is 28.6 Å². The van der Waals surface area contributed by atoms with Crippen LogP contribution in [0.4, 0.5) is 10.8 Å². The molecule has 134 valence electrons. The summed E-state index contributed by atoms with van der Waals surface area (Å²) in [7, 11) is 0. The standard InChI is InChI=1S/C17H22N4O2S2/c1-2-12-5-7-13(8-6-12)19-15(22)11-24-17-21-20-16(25-17)18-10-14-4-3-9-23-14/h5-8,14H,2-4,9-11H2,1H3,(H,18,20)(H,19,22). The van der Waals surface area contributed by atoms with Gasteiger partial charge in [-0.3, -0.25) is 4.79 Å². The van der Waals surface area contributed by atoms with Crippen LogP contribution in [0.2, 0.25) is 0 Å². The number of anilines is 2. The van der Waals surface area contributed by atoms with Crippen molar-refractivity contribution in [2.24, 2.45) is 0 Å². The summed E-state index contributed by atoms with van der Waals surface area (Å²) in [5.74, 6) is 0.272. The SMILES string of the molecule is CCc1ccc(NC(=O)CSc2nnc(NCC3CCCO3)s2)cc1. The molecule has 6 nitrogen and oxygen atoms in total. The summed E-state index contributed by atoms with van der Waals surface area (Å²) < 4.78 is 6.35. The van der Waals surface area contributed by atoms with E-state index in [-0.39, 0.29) is 12.0 Å². The van der Waals surface area contributed by atoms with E-state index in [4.69, 9.17) is 4.74 Å². The first-order chi connectivity index (χ1) is 12.2. The predicted molar refractivity (Wildman–Crippen MR) is 103 cm³/mol. The summed E-state index contributed by atoms with van der Waals surface area (Å²) in [5, 5.41) is 15.1. The highest BCUT2D eigenvalue weighted by Gasteiger charge is 2.16. The molecule has 1 atom stereocenters. The number of rotatable bonds is 8. The second kappa shape index (κ2) is 9.17. The van der Waals surface area contributed by atoms with Crippen molar-refractivity contribution in [2.75, 3.05) is 29.5 Å². The Labute approximate surface area is 155 Å². The number of nitrogens with one attached hydrogen (secondary N) is 2. The van der Waals surface area contributed by atoms with Gasteiger partial charge in [-0.2, -0.15) is 0 Å². The van der Waals surface area contributed by atoms with Gasteiger partial charge < -0.3 is 15.4 Å². The van der Waals surface area contributed by atoms with Crippen LogP contribution in [-0.2, 0) is 16.0 Å². The monoisotopic (exact) mass is 378 g/mol. The van der Waals surface area contributed by atoms with Crippen molar-refractivity contribution in [2.45, 2.75) is 36.6 Å². The molecule has 1 aliphatic heterocycles. The molecule has 1 unspecified atom stereocenters. The molecule has 1 aliphatic rings. The fraction of sp³-hybridized carbons (Fsp3) is 0.471. The highest BCUT2D eigenvalue weighted by atomic mass is 32.2. The highest BCUT2D eigenvalue weighted by Crippen LogP contribution is 2.26. The zero-order valence-corrected chi connectivity index (χ0v) is 15.8. The Morgan fingerprint density at radius 3 is 2.92 bits per heavy atom. The van der Waals surface area contributed by atoms with Crippen molar-refractivity contribution in [1.29, 1.82) is 0 Å². The van der Waals surface area contributed by atoms with Crippen molar-refractivity contribution < 1.29 is 9.53 Å². The minimum Gasteiger partial charge on any atom is -0.376 e. The van der Waals surface area contributed by atoms with E-state index >= 15 is 0 Å².